The van der Waals surface area contributed by atoms with Crippen LogP contribution in [0.2, 0.25) is 5.02 Å². The lowest BCUT2D eigenvalue weighted by atomic mass is 9.96. The molecule has 1 aliphatic heterocycles. The fourth-order valence-corrected chi connectivity index (χ4v) is 4.82. The van der Waals surface area contributed by atoms with Gasteiger partial charge in [0.15, 0.2) is 4.77 Å². The number of halogens is 1. The largest absolute Gasteiger partial charge is 0.339 e. The third-order valence-electron chi connectivity index (χ3n) is 5.21. The van der Waals surface area contributed by atoms with Gasteiger partial charge in [0.05, 0.1) is 0 Å². The lowest BCUT2D eigenvalue weighted by Crippen LogP contribution is -2.37. The van der Waals surface area contributed by atoms with E-state index in [0.29, 0.717) is 10.7 Å². The van der Waals surface area contributed by atoms with Gasteiger partial charge in [0.25, 0.3) is 0 Å². The molecule has 0 saturated carbocycles. The molecule has 150 valence electrons. The normalized spacial score (nSPS) is 15.3. The Bertz CT molecular complexity index is 1110. The first-order chi connectivity index (χ1) is 14.0. The number of nitrogens with zero attached hydrogens (tertiary/aromatic N) is 3. The fraction of sp³-hybridized carbons (Fsp3) is 0.286. The van der Waals surface area contributed by atoms with Crippen molar-refractivity contribution >= 4 is 47.1 Å². The van der Waals surface area contributed by atoms with Crippen molar-refractivity contribution in [3.05, 3.63) is 63.0 Å². The maximum absolute atomic E-state index is 12.6. The highest BCUT2D eigenvalue weighted by atomic mass is 35.5. The molecule has 1 amide bonds. The van der Waals surface area contributed by atoms with E-state index in [4.69, 9.17) is 23.8 Å². The molecular weight excluding hydrogens is 424 g/mol. The zero-order chi connectivity index (χ0) is 20.4. The zero-order valence-electron chi connectivity index (χ0n) is 16.0. The van der Waals surface area contributed by atoms with Gasteiger partial charge in [0.1, 0.15) is 5.82 Å². The van der Waals surface area contributed by atoms with Gasteiger partial charge in [-0.05, 0) is 61.0 Å². The summed E-state index contributed by atoms with van der Waals surface area (Å²) >= 11 is 12.9. The first-order valence-electron chi connectivity index (χ1n) is 9.45. The Labute approximate surface area is 183 Å². The molecule has 8 heteroatoms. The van der Waals surface area contributed by atoms with Crippen LogP contribution in [0.4, 0.5) is 0 Å². The van der Waals surface area contributed by atoms with E-state index in [-0.39, 0.29) is 5.91 Å². The van der Waals surface area contributed by atoms with Crippen LogP contribution in [0.5, 0.6) is 0 Å². The van der Waals surface area contributed by atoms with Gasteiger partial charge >= 0.3 is 0 Å². The molecular formula is C21H21ClN4OS2. The van der Waals surface area contributed by atoms with Crippen LogP contribution >= 0.6 is 35.2 Å². The predicted molar refractivity (Wildman–Crippen MR) is 121 cm³/mol. The van der Waals surface area contributed by atoms with E-state index < -0.39 is 0 Å². The first-order valence-corrected chi connectivity index (χ1v) is 11.1. The van der Waals surface area contributed by atoms with Crippen molar-refractivity contribution in [2.75, 3.05) is 13.1 Å². The summed E-state index contributed by atoms with van der Waals surface area (Å²) in [4.78, 5) is 16.7. The van der Waals surface area contributed by atoms with Crippen LogP contribution in [0.15, 0.2) is 42.5 Å². The molecule has 29 heavy (non-hydrogen) atoms. The Kier molecular flexibility index (Phi) is 5.99. The van der Waals surface area contributed by atoms with Crippen LogP contribution < -0.4 is 0 Å². The van der Waals surface area contributed by atoms with Crippen molar-refractivity contribution in [3.8, 4) is 10.4 Å². The molecule has 2 aromatic heterocycles. The van der Waals surface area contributed by atoms with Gasteiger partial charge in [-0.2, -0.15) is 5.10 Å². The Hall–Kier alpha value is -2.22. The summed E-state index contributed by atoms with van der Waals surface area (Å²) in [5.41, 5.74) is 1.09. The molecule has 1 aliphatic rings. The van der Waals surface area contributed by atoms with Gasteiger partial charge in [-0.3, -0.25) is 9.89 Å². The maximum Gasteiger partial charge on any atom is 0.246 e. The molecule has 0 radical (unpaired) electrons. The van der Waals surface area contributed by atoms with E-state index in [1.165, 1.54) is 0 Å². The second-order valence-corrected chi connectivity index (χ2v) is 9.03. The average Bonchev–Trinajstić information content (AvgIpc) is 3.34. The summed E-state index contributed by atoms with van der Waals surface area (Å²) in [6, 6.07) is 11.9. The number of benzene rings is 1. The highest BCUT2D eigenvalue weighted by Crippen LogP contribution is 2.31. The number of carbonyl (C=O) groups excluding carboxylic acids is 1. The number of aromatic nitrogens is 3. The second kappa shape index (κ2) is 8.65. The van der Waals surface area contributed by atoms with E-state index >= 15 is 0 Å². The van der Waals surface area contributed by atoms with E-state index in [9.17, 15) is 4.79 Å². The van der Waals surface area contributed by atoms with Gasteiger partial charge in [-0.1, -0.05) is 23.7 Å². The summed E-state index contributed by atoms with van der Waals surface area (Å²) in [6.07, 6.45) is 5.35. The highest BCUT2D eigenvalue weighted by Gasteiger charge is 2.25. The Morgan fingerprint density at radius 2 is 2.10 bits per heavy atom. The number of hydrogen-bond acceptors (Lipinski definition) is 4. The number of nitrogens with one attached hydrogen (secondary N) is 1. The quantitative estimate of drug-likeness (QED) is 0.440. The Balaban J connectivity index is 1.36. The van der Waals surface area contributed by atoms with Crippen LogP contribution in [0.3, 0.4) is 0 Å². The highest BCUT2D eigenvalue weighted by molar-refractivity contribution is 7.71. The minimum atomic E-state index is 0.0523. The average molecular weight is 445 g/mol. The molecule has 5 nitrogen and oxygen atoms in total. The van der Waals surface area contributed by atoms with Crippen LogP contribution in [0, 0.1) is 4.77 Å². The van der Waals surface area contributed by atoms with Gasteiger partial charge in [0.2, 0.25) is 5.91 Å². The van der Waals surface area contributed by atoms with Crippen LogP contribution in [-0.4, -0.2) is 38.7 Å². The molecule has 3 heterocycles. The Morgan fingerprint density at radius 3 is 2.79 bits per heavy atom. The summed E-state index contributed by atoms with van der Waals surface area (Å²) in [7, 11) is 1.93. The van der Waals surface area contributed by atoms with Crippen LogP contribution in [0.25, 0.3) is 16.5 Å². The number of likely N-dealkylation sites (tertiary alicyclic amines) is 1. The van der Waals surface area contributed by atoms with Crippen molar-refractivity contribution in [1.29, 1.82) is 0 Å². The zero-order valence-corrected chi connectivity index (χ0v) is 18.4. The molecule has 0 bridgehead atoms. The Morgan fingerprint density at radius 1 is 1.31 bits per heavy atom. The van der Waals surface area contributed by atoms with E-state index in [1.807, 2.05) is 52.9 Å². The van der Waals surface area contributed by atoms with Crippen molar-refractivity contribution in [2.45, 2.75) is 18.8 Å². The number of H-pyrrole nitrogens is 1. The number of piperidine rings is 1. The minimum Gasteiger partial charge on any atom is -0.339 e. The maximum atomic E-state index is 12.6. The van der Waals surface area contributed by atoms with Gasteiger partial charge in [0, 0.05) is 46.9 Å². The van der Waals surface area contributed by atoms with E-state index in [2.05, 4.69) is 16.3 Å². The van der Waals surface area contributed by atoms with E-state index in [1.54, 1.807) is 17.4 Å². The summed E-state index contributed by atoms with van der Waals surface area (Å²) in [6.45, 7) is 1.46. The molecule has 1 fully saturated rings. The third-order valence-corrected chi connectivity index (χ3v) is 6.91. The number of hydrogen-bond donors (Lipinski definition) is 1. The van der Waals surface area contributed by atoms with Crippen molar-refractivity contribution in [1.82, 2.24) is 19.7 Å². The van der Waals surface area contributed by atoms with E-state index in [0.717, 1.165) is 52.1 Å². The molecule has 0 atom stereocenters. The number of carbonyl (C=O) groups is 1. The van der Waals surface area contributed by atoms with Gasteiger partial charge < -0.3 is 9.47 Å². The van der Waals surface area contributed by atoms with Crippen molar-refractivity contribution in [2.24, 2.45) is 7.05 Å². The fourth-order valence-electron chi connectivity index (χ4n) is 3.58. The monoisotopic (exact) mass is 444 g/mol. The SMILES string of the molecule is Cn1c(C2CCN(C(=O)C=Cc3ccc(-c4cccc(Cl)c4)s3)CC2)n[nH]c1=S. The standard InChI is InChI=1S/C21H21ClN4OS2/c1-25-20(23-24-21(25)28)14-9-11-26(12-10-14)19(27)8-6-17-5-7-18(29-17)15-3-2-4-16(22)13-15/h2-8,13-14H,9-12H2,1H3,(H,24,28). The lowest BCUT2D eigenvalue weighted by molar-refractivity contribution is -0.127. The number of amides is 1. The predicted octanol–water partition coefficient (Wildman–Crippen LogP) is 5.28. The third kappa shape index (κ3) is 4.52. The van der Waals surface area contributed by atoms with Crippen LogP contribution in [0.1, 0.15) is 29.5 Å². The molecule has 1 N–H and O–H groups in total. The molecule has 0 spiro atoms. The van der Waals surface area contributed by atoms with Crippen molar-refractivity contribution in [3.63, 3.8) is 0 Å². The second-order valence-electron chi connectivity index (χ2n) is 7.09. The number of rotatable bonds is 4. The van der Waals surface area contributed by atoms with Gasteiger partial charge in [-0.15, -0.1) is 11.3 Å². The summed E-state index contributed by atoms with van der Waals surface area (Å²) in [5.74, 6) is 1.36. The minimum absolute atomic E-state index is 0.0523. The number of thiophene rings is 1. The smallest absolute Gasteiger partial charge is 0.246 e. The topological polar surface area (TPSA) is 53.9 Å². The summed E-state index contributed by atoms with van der Waals surface area (Å²) < 4.78 is 2.56. The molecule has 3 aromatic rings. The lowest BCUT2D eigenvalue weighted by Gasteiger charge is -2.30. The van der Waals surface area contributed by atoms with Gasteiger partial charge in [-0.25, -0.2) is 0 Å². The molecule has 0 unspecified atom stereocenters. The first kappa shape index (κ1) is 20.1. The van der Waals surface area contributed by atoms with Crippen LogP contribution in [-0.2, 0) is 11.8 Å². The molecule has 1 saturated heterocycles. The molecule has 4 rings (SSSR count). The summed E-state index contributed by atoms with van der Waals surface area (Å²) in [5, 5.41) is 7.90. The van der Waals surface area contributed by atoms with Crippen molar-refractivity contribution < 1.29 is 4.79 Å². The molecule has 0 aliphatic carbocycles. The number of aromatic amines is 1. The molecule has 1 aromatic carbocycles.